The van der Waals surface area contributed by atoms with Crippen LogP contribution in [0.3, 0.4) is 0 Å². The van der Waals surface area contributed by atoms with Crippen molar-refractivity contribution in [3.05, 3.63) is 35.1 Å². The van der Waals surface area contributed by atoms with Gasteiger partial charge in [0, 0.05) is 5.41 Å². The topological polar surface area (TPSA) is 57.5 Å². The van der Waals surface area contributed by atoms with Crippen molar-refractivity contribution in [1.29, 1.82) is 0 Å². The van der Waals surface area contributed by atoms with Crippen LogP contribution in [0.2, 0.25) is 0 Å². The minimum absolute atomic E-state index is 0.00359. The number of alkyl halides is 3. The Kier molecular flexibility index (Phi) is 3.04. The van der Waals surface area contributed by atoms with Gasteiger partial charge in [0.2, 0.25) is 0 Å². The minimum atomic E-state index is -4.86. The summed E-state index contributed by atoms with van der Waals surface area (Å²) >= 11 is 0. The SMILES string of the molecule is O=C(O)C(O)C1(c2ccc(F)c(C(F)(F)F)c2)CC1. The number of aliphatic hydroxyl groups excluding tert-OH is 1. The van der Waals surface area contributed by atoms with Crippen molar-refractivity contribution >= 4 is 5.97 Å². The Morgan fingerprint density at radius 2 is 1.89 bits per heavy atom. The van der Waals surface area contributed by atoms with Crippen LogP contribution in [-0.2, 0) is 16.4 Å². The Morgan fingerprint density at radius 3 is 2.32 bits per heavy atom. The highest BCUT2D eigenvalue weighted by Gasteiger charge is 2.54. The number of carboxylic acid groups (broad SMARTS) is 1. The van der Waals surface area contributed by atoms with Crippen LogP contribution in [0, 0.1) is 5.82 Å². The van der Waals surface area contributed by atoms with Gasteiger partial charge in [-0.25, -0.2) is 9.18 Å². The first-order valence-corrected chi connectivity index (χ1v) is 5.46. The van der Waals surface area contributed by atoms with Crippen LogP contribution in [0.25, 0.3) is 0 Å². The lowest BCUT2D eigenvalue weighted by Gasteiger charge is -2.20. The van der Waals surface area contributed by atoms with E-state index in [0.717, 1.165) is 6.07 Å². The summed E-state index contributed by atoms with van der Waals surface area (Å²) in [6.07, 6.45) is -6.14. The van der Waals surface area contributed by atoms with Crippen LogP contribution in [0.4, 0.5) is 17.6 Å². The number of aliphatic hydroxyl groups is 1. The number of benzene rings is 1. The molecule has 1 fully saturated rings. The molecule has 0 aliphatic heterocycles. The maximum absolute atomic E-state index is 13.1. The quantitative estimate of drug-likeness (QED) is 0.834. The van der Waals surface area contributed by atoms with E-state index in [1.807, 2.05) is 0 Å². The largest absolute Gasteiger partial charge is 0.479 e. The van der Waals surface area contributed by atoms with Crippen LogP contribution in [0.1, 0.15) is 24.0 Å². The highest BCUT2D eigenvalue weighted by Crippen LogP contribution is 2.52. The van der Waals surface area contributed by atoms with Gasteiger partial charge in [-0.15, -0.1) is 0 Å². The summed E-state index contributed by atoms with van der Waals surface area (Å²) in [5, 5.41) is 18.3. The molecule has 104 valence electrons. The van der Waals surface area contributed by atoms with E-state index in [9.17, 15) is 27.5 Å². The summed E-state index contributed by atoms with van der Waals surface area (Å²) in [6, 6.07) is 2.31. The van der Waals surface area contributed by atoms with E-state index in [1.165, 1.54) is 0 Å². The fourth-order valence-electron chi connectivity index (χ4n) is 2.14. The number of aliphatic carboxylic acids is 1. The Morgan fingerprint density at radius 1 is 1.32 bits per heavy atom. The molecule has 19 heavy (non-hydrogen) atoms. The zero-order chi connectivity index (χ0) is 14.4. The standard InChI is InChI=1S/C12H10F4O3/c13-8-2-1-6(5-7(8)12(14,15)16)11(3-4-11)9(17)10(18)19/h1-2,5,9,17H,3-4H2,(H,18,19). The number of hydrogen-bond acceptors (Lipinski definition) is 2. The van der Waals surface area contributed by atoms with Crippen LogP contribution in [0.5, 0.6) is 0 Å². The average Bonchev–Trinajstić information content (AvgIpc) is 3.08. The van der Waals surface area contributed by atoms with E-state index in [0.29, 0.717) is 12.1 Å². The summed E-state index contributed by atoms with van der Waals surface area (Å²) in [6.45, 7) is 0. The number of carboxylic acids is 1. The Hall–Kier alpha value is -1.63. The molecule has 0 heterocycles. The molecular weight excluding hydrogens is 268 g/mol. The van der Waals surface area contributed by atoms with E-state index >= 15 is 0 Å². The van der Waals surface area contributed by atoms with Gasteiger partial charge in [0.25, 0.3) is 0 Å². The van der Waals surface area contributed by atoms with E-state index < -0.39 is 35.0 Å². The lowest BCUT2D eigenvalue weighted by atomic mass is 9.88. The molecule has 0 radical (unpaired) electrons. The molecule has 0 spiro atoms. The second kappa shape index (κ2) is 4.19. The van der Waals surface area contributed by atoms with E-state index in [1.54, 1.807) is 0 Å². The molecule has 1 aliphatic carbocycles. The van der Waals surface area contributed by atoms with E-state index in [4.69, 9.17) is 5.11 Å². The first-order chi connectivity index (χ1) is 8.68. The monoisotopic (exact) mass is 278 g/mol. The Labute approximate surface area is 105 Å². The third-order valence-electron chi connectivity index (χ3n) is 3.39. The highest BCUT2D eigenvalue weighted by molar-refractivity contribution is 5.75. The summed E-state index contributed by atoms with van der Waals surface area (Å²) in [4.78, 5) is 10.8. The highest BCUT2D eigenvalue weighted by atomic mass is 19.4. The molecule has 1 aromatic rings. The van der Waals surface area contributed by atoms with Gasteiger partial charge in [-0.05, 0) is 30.5 Å². The van der Waals surface area contributed by atoms with Crippen molar-refractivity contribution in [3.63, 3.8) is 0 Å². The molecule has 1 saturated carbocycles. The molecule has 2 rings (SSSR count). The van der Waals surface area contributed by atoms with Crippen molar-refractivity contribution in [2.24, 2.45) is 0 Å². The molecule has 0 saturated heterocycles. The van der Waals surface area contributed by atoms with Crippen LogP contribution in [-0.4, -0.2) is 22.3 Å². The zero-order valence-corrected chi connectivity index (χ0v) is 9.54. The van der Waals surface area contributed by atoms with Gasteiger partial charge in [-0.2, -0.15) is 13.2 Å². The molecule has 1 atom stereocenters. The smallest absolute Gasteiger partial charge is 0.419 e. The Bertz CT molecular complexity index is 520. The molecule has 3 nitrogen and oxygen atoms in total. The molecule has 1 aliphatic rings. The normalized spacial score (nSPS) is 19.0. The summed E-state index contributed by atoms with van der Waals surface area (Å²) in [5.41, 5.74) is -2.69. The number of rotatable bonds is 3. The van der Waals surface area contributed by atoms with Gasteiger partial charge < -0.3 is 10.2 Å². The molecular formula is C12H10F4O3. The van der Waals surface area contributed by atoms with Crippen molar-refractivity contribution in [2.75, 3.05) is 0 Å². The molecule has 1 aromatic carbocycles. The van der Waals surface area contributed by atoms with Gasteiger partial charge in [0.15, 0.2) is 6.10 Å². The van der Waals surface area contributed by atoms with Crippen LogP contribution in [0.15, 0.2) is 18.2 Å². The molecule has 2 N–H and O–H groups in total. The molecule has 0 amide bonds. The minimum Gasteiger partial charge on any atom is -0.479 e. The van der Waals surface area contributed by atoms with Gasteiger partial charge in [-0.3, -0.25) is 0 Å². The Balaban J connectivity index is 2.45. The second-order valence-corrected chi connectivity index (χ2v) is 4.59. The summed E-state index contributed by atoms with van der Waals surface area (Å²) < 4.78 is 50.9. The third kappa shape index (κ3) is 2.30. The van der Waals surface area contributed by atoms with Crippen molar-refractivity contribution in [2.45, 2.75) is 30.5 Å². The number of halogens is 4. The van der Waals surface area contributed by atoms with Crippen LogP contribution < -0.4 is 0 Å². The van der Waals surface area contributed by atoms with Crippen molar-refractivity contribution in [1.82, 2.24) is 0 Å². The molecule has 1 unspecified atom stereocenters. The lowest BCUT2D eigenvalue weighted by molar-refractivity contribution is -0.148. The average molecular weight is 278 g/mol. The molecule has 7 heteroatoms. The fraction of sp³-hybridized carbons (Fsp3) is 0.417. The van der Waals surface area contributed by atoms with Gasteiger partial charge in [-0.1, -0.05) is 6.07 Å². The number of hydrogen-bond donors (Lipinski definition) is 2. The number of carbonyl (C=O) groups is 1. The van der Waals surface area contributed by atoms with Crippen molar-refractivity contribution in [3.8, 4) is 0 Å². The van der Waals surface area contributed by atoms with Gasteiger partial charge in [0.05, 0.1) is 5.56 Å². The van der Waals surface area contributed by atoms with E-state index in [2.05, 4.69) is 0 Å². The predicted molar refractivity (Wildman–Crippen MR) is 56.0 cm³/mol. The third-order valence-corrected chi connectivity index (χ3v) is 3.39. The van der Waals surface area contributed by atoms with Gasteiger partial charge >= 0.3 is 12.1 Å². The molecule has 0 bridgehead atoms. The van der Waals surface area contributed by atoms with E-state index in [-0.39, 0.29) is 18.4 Å². The first-order valence-electron chi connectivity index (χ1n) is 5.46. The summed E-state index contributed by atoms with van der Waals surface area (Å²) in [5.74, 6) is -2.92. The maximum atomic E-state index is 13.1. The fourth-order valence-corrected chi connectivity index (χ4v) is 2.14. The lowest BCUT2D eigenvalue weighted by Crippen LogP contribution is -2.34. The second-order valence-electron chi connectivity index (χ2n) is 4.59. The summed E-state index contributed by atoms with van der Waals surface area (Å²) in [7, 11) is 0. The maximum Gasteiger partial charge on any atom is 0.419 e. The zero-order valence-electron chi connectivity index (χ0n) is 9.54. The van der Waals surface area contributed by atoms with Crippen molar-refractivity contribution < 1.29 is 32.6 Å². The van der Waals surface area contributed by atoms with Crippen LogP contribution >= 0.6 is 0 Å². The predicted octanol–water partition coefficient (Wildman–Crippen LogP) is 2.32. The first kappa shape index (κ1) is 13.8. The molecule has 0 aromatic heterocycles. The van der Waals surface area contributed by atoms with Gasteiger partial charge in [0.1, 0.15) is 5.82 Å².